The minimum Gasteiger partial charge on any atom is -0.491 e. The third-order valence-electron chi connectivity index (χ3n) is 7.54. The van der Waals surface area contributed by atoms with Crippen LogP contribution in [0.15, 0.2) is 66.7 Å². The lowest BCUT2D eigenvalue weighted by Crippen LogP contribution is -2.44. The van der Waals surface area contributed by atoms with Gasteiger partial charge in [0.2, 0.25) is 5.91 Å². The van der Waals surface area contributed by atoms with Crippen molar-refractivity contribution in [3.05, 3.63) is 83.6 Å². The van der Waals surface area contributed by atoms with Gasteiger partial charge in [0.15, 0.2) is 0 Å². The van der Waals surface area contributed by atoms with Gasteiger partial charge in [-0.05, 0) is 92.3 Å². The molecule has 1 aromatic heterocycles. The Bertz CT molecular complexity index is 1690. The highest BCUT2D eigenvalue weighted by atomic mass is 16.5. The van der Waals surface area contributed by atoms with E-state index < -0.39 is 23.4 Å². The lowest BCUT2D eigenvalue weighted by molar-refractivity contribution is -0.143. The number of hydrogen-bond donors (Lipinski definition) is 3. The fourth-order valence-electron chi connectivity index (χ4n) is 5.17. The highest BCUT2D eigenvalue weighted by molar-refractivity contribution is 6.07. The molecule has 43 heavy (non-hydrogen) atoms. The summed E-state index contributed by atoms with van der Waals surface area (Å²) in [5, 5.41) is 23.0. The van der Waals surface area contributed by atoms with E-state index in [1.54, 1.807) is 47.0 Å². The summed E-state index contributed by atoms with van der Waals surface area (Å²) in [5.41, 5.74) is 1.21. The second-order valence-corrected chi connectivity index (χ2v) is 12.3. The number of nitrogens with zero attached hydrogens (tertiary/aromatic N) is 1. The molecular weight excluding hydrogens is 548 g/mol. The molecule has 9 heteroatoms. The van der Waals surface area contributed by atoms with Crippen LogP contribution in [0.3, 0.4) is 0 Å². The number of carbonyl (C=O) groups is 3. The molecule has 1 saturated carbocycles. The minimum absolute atomic E-state index is 0.0117. The zero-order valence-electron chi connectivity index (χ0n) is 24.9. The van der Waals surface area contributed by atoms with Crippen molar-refractivity contribution in [2.45, 2.75) is 70.9 Å². The number of aromatic carboxylic acids is 1. The van der Waals surface area contributed by atoms with E-state index in [0.717, 1.165) is 5.56 Å². The van der Waals surface area contributed by atoms with E-state index in [1.807, 2.05) is 38.1 Å². The molecule has 0 spiro atoms. The normalized spacial score (nSPS) is 14.0. The molecule has 224 valence electrons. The molecule has 5 rings (SSSR count). The largest absolute Gasteiger partial charge is 0.491 e. The molecule has 0 aliphatic heterocycles. The van der Waals surface area contributed by atoms with Crippen molar-refractivity contribution < 1.29 is 34.1 Å². The highest BCUT2D eigenvalue weighted by Gasteiger charge is 2.51. The van der Waals surface area contributed by atoms with Crippen LogP contribution in [0.2, 0.25) is 0 Å². The molecular formula is C34H36N2O7. The molecule has 1 fully saturated rings. The van der Waals surface area contributed by atoms with Gasteiger partial charge in [-0.25, -0.2) is 9.59 Å². The number of nitrogens with one attached hydrogen (secondary N) is 1. The van der Waals surface area contributed by atoms with Crippen LogP contribution in [-0.2, 0) is 21.4 Å². The van der Waals surface area contributed by atoms with Crippen molar-refractivity contribution in [3.8, 4) is 22.9 Å². The van der Waals surface area contributed by atoms with Crippen LogP contribution < -0.4 is 14.8 Å². The van der Waals surface area contributed by atoms with Gasteiger partial charge in [0.05, 0.1) is 23.6 Å². The fourth-order valence-corrected chi connectivity index (χ4v) is 5.17. The van der Waals surface area contributed by atoms with Crippen LogP contribution in [0.4, 0.5) is 0 Å². The SMILES string of the molecule is CC(C)Oc1ccc(-n2c(CC(=O)NC3(C(=O)O)CC3)c(C(=O)O)c3cc(Oc4ccc(C(C)(C)C)cc4)ccc32)cc1. The highest BCUT2D eigenvalue weighted by Crippen LogP contribution is 2.37. The van der Waals surface area contributed by atoms with Crippen LogP contribution in [0.1, 0.15) is 69.1 Å². The zero-order chi connectivity index (χ0) is 31.1. The first kappa shape index (κ1) is 29.7. The van der Waals surface area contributed by atoms with Crippen LogP contribution >= 0.6 is 0 Å². The first-order valence-electron chi connectivity index (χ1n) is 14.3. The molecule has 9 nitrogen and oxygen atoms in total. The monoisotopic (exact) mass is 584 g/mol. The third kappa shape index (κ3) is 6.21. The van der Waals surface area contributed by atoms with Gasteiger partial charge in [-0.2, -0.15) is 0 Å². The van der Waals surface area contributed by atoms with Gasteiger partial charge >= 0.3 is 11.9 Å². The summed E-state index contributed by atoms with van der Waals surface area (Å²) in [6.45, 7) is 10.2. The summed E-state index contributed by atoms with van der Waals surface area (Å²) < 4.78 is 13.6. The predicted molar refractivity (Wildman–Crippen MR) is 163 cm³/mol. The van der Waals surface area contributed by atoms with E-state index in [4.69, 9.17) is 9.47 Å². The van der Waals surface area contributed by atoms with Crippen LogP contribution in [0.25, 0.3) is 16.6 Å². The van der Waals surface area contributed by atoms with Crippen molar-refractivity contribution in [1.29, 1.82) is 0 Å². The van der Waals surface area contributed by atoms with Crippen molar-refractivity contribution in [3.63, 3.8) is 0 Å². The zero-order valence-corrected chi connectivity index (χ0v) is 24.9. The van der Waals surface area contributed by atoms with E-state index in [2.05, 4.69) is 26.1 Å². The number of amides is 1. The number of rotatable bonds is 10. The topological polar surface area (TPSA) is 127 Å². The van der Waals surface area contributed by atoms with Crippen LogP contribution in [-0.4, -0.2) is 44.3 Å². The Labute approximate surface area is 250 Å². The first-order valence-corrected chi connectivity index (χ1v) is 14.3. The number of hydrogen-bond acceptors (Lipinski definition) is 5. The molecule has 0 saturated heterocycles. The summed E-state index contributed by atoms with van der Waals surface area (Å²) in [7, 11) is 0. The van der Waals surface area contributed by atoms with E-state index >= 15 is 0 Å². The van der Waals surface area contributed by atoms with Gasteiger partial charge in [0, 0.05) is 16.8 Å². The van der Waals surface area contributed by atoms with Crippen molar-refractivity contribution in [1.82, 2.24) is 9.88 Å². The molecule has 1 heterocycles. The molecule has 1 aliphatic carbocycles. The number of aliphatic carboxylic acids is 1. The molecule has 0 atom stereocenters. The second-order valence-electron chi connectivity index (χ2n) is 12.3. The van der Waals surface area contributed by atoms with E-state index in [0.29, 0.717) is 46.7 Å². The van der Waals surface area contributed by atoms with E-state index in [-0.39, 0.29) is 29.2 Å². The number of fused-ring (bicyclic) bond motifs is 1. The van der Waals surface area contributed by atoms with Crippen molar-refractivity contribution in [2.24, 2.45) is 0 Å². The Balaban J connectivity index is 1.58. The van der Waals surface area contributed by atoms with Gasteiger partial charge in [0.25, 0.3) is 0 Å². The smallest absolute Gasteiger partial charge is 0.338 e. The molecule has 0 bridgehead atoms. The summed E-state index contributed by atoms with van der Waals surface area (Å²) in [6, 6.07) is 20.1. The lowest BCUT2D eigenvalue weighted by atomic mass is 9.87. The van der Waals surface area contributed by atoms with Gasteiger partial charge in [-0.1, -0.05) is 32.9 Å². The molecule has 4 aromatic rings. The molecule has 0 radical (unpaired) electrons. The number of carboxylic acids is 2. The van der Waals surface area contributed by atoms with Crippen LogP contribution in [0, 0.1) is 0 Å². The van der Waals surface area contributed by atoms with Gasteiger partial charge in [-0.15, -0.1) is 0 Å². The minimum atomic E-state index is -1.29. The Morgan fingerprint density at radius 1 is 0.907 bits per heavy atom. The number of carboxylic acid groups (broad SMARTS) is 2. The number of carbonyl (C=O) groups excluding carboxylic acids is 1. The van der Waals surface area contributed by atoms with Gasteiger partial charge in [-0.3, -0.25) is 4.79 Å². The Morgan fingerprint density at radius 2 is 1.51 bits per heavy atom. The molecule has 1 aliphatic rings. The maximum absolute atomic E-state index is 13.2. The third-order valence-corrected chi connectivity index (χ3v) is 7.54. The Kier molecular flexibility index (Phi) is 7.69. The van der Waals surface area contributed by atoms with E-state index in [9.17, 15) is 24.6 Å². The lowest BCUT2D eigenvalue weighted by Gasteiger charge is -2.19. The average Bonchev–Trinajstić information content (AvgIpc) is 3.64. The quantitative estimate of drug-likeness (QED) is 0.195. The van der Waals surface area contributed by atoms with E-state index in [1.165, 1.54) is 0 Å². The average molecular weight is 585 g/mol. The summed E-state index contributed by atoms with van der Waals surface area (Å²) >= 11 is 0. The molecule has 0 unspecified atom stereocenters. The summed E-state index contributed by atoms with van der Waals surface area (Å²) in [6.07, 6.45) is 0.304. The fraction of sp³-hybridized carbons (Fsp3) is 0.324. The first-order chi connectivity index (χ1) is 20.3. The standard InChI is InChI=1S/C34H36N2O7/c1-20(2)42-23-12-8-22(9-13-23)36-27-15-14-25(43-24-10-6-21(7-11-24)33(3,4)5)18-26(27)30(31(38)39)28(36)19-29(37)35-34(16-17-34)32(40)41/h6-15,18,20H,16-17,19H2,1-5H3,(H,35,37)(H,38,39)(H,40,41). The molecule has 3 N–H and O–H groups in total. The summed E-state index contributed by atoms with van der Waals surface area (Å²) in [4.78, 5) is 37.6. The number of ether oxygens (including phenoxy) is 2. The van der Waals surface area contributed by atoms with Gasteiger partial charge < -0.3 is 29.6 Å². The van der Waals surface area contributed by atoms with Crippen LogP contribution in [0.5, 0.6) is 17.2 Å². The maximum atomic E-state index is 13.2. The molecule has 1 amide bonds. The van der Waals surface area contributed by atoms with Crippen molar-refractivity contribution in [2.75, 3.05) is 0 Å². The van der Waals surface area contributed by atoms with Crippen molar-refractivity contribution >= 4 is 28.7 Å². The second kappa shape index (κ2) is 11.1. The Hall–Kier alpha value is -4.79. The maximum Gasteiger partial charge on any atom is 0.338 e. The molecule has 3 aromatic carbocycles. The van der Waals surface area contributed by atoms with Gasteiger partial charge in [0.1, 0.15) is 22.8 Å². The Morgan fingerprint density at radius 3 is 2.05 bits per heavy atom. The number of aromatic nitrogens is 1. The predicted octanol–water partition coefficient (Wildman–Crippen LogP) is 6.48. The summed E-state index contributed by atoms with van der Waals surface area (Å²) in [5.74, 6) is -1.18. The number of benzene rings is 3.